The summed E-state index contributed by atoms with van der Waals surface area (Å²) in [6.45, 7) is 0. The molecule has 128 valence electrons. The summed E-state index contributed by atoms with van der Waals surface area (Å²) in [7, 11) is 0. The fourth-order valence-electron chi connectivity index (χ4n) is 1.78. The van der Waals surface area contributed by atoms with Crippen LogP contribution in [0.3, 0.4) is 0 Å². The minimum absolute atomic E-state index is 0.0246. The average Bonchev–Trinajstić information content (AvgIpc) is 2.58. The number of nitriles is 1. The van der Waals surface area contributed by atoms with Crippen LogP contribution in [0.1, 0.15) is 0 Å². The Hall–Kier alpha value is -3.12. The van der Waals surface area contributed by atoms with Crippen LogP contribution in [-0.2, 0) is 0 Å². The Morgan fingerprint density at radius 1 is 1.12 bits per heavy atom. The summed E-state index contributed by atoms with van der Waals surface area (Å²) in [6.07, 6.45) is 3.40. The molecule has 3 N–H and O–H groups in total. The largest absolute Gasteiger partial charge is 0.323 e. The number of aliphatic imine (C=N–C) groups is 1. The number of anilines is 2. The van der Waals surface area contributed by atoms with Gasteiger partial charge in [-0.2, -0.15) is 5.26 Å². The summed E-state index contributed by atoms with van der Waals surface area (Å²) >= 11 is 1.16. The molecule has 9 heteroatoms. The van der Waals surface area contributed by atoms with Gasteiger partial charge < -0.3 is 10.6 Å². The van der Waals surface area contributed by atoms with Crippen molar-refractivity contribution in [1.82, 2.24) is 5.32 Å². The minimum Gasteiger partial charge on any atom is -0.308 e. The smallest absolute Gasteiger partial charge is 0.308 e. The van der Waals surface area contributed by atoms with Gasteiger partial charge in [-0.05, 0) is 48.7 Å². The van der Waals surface area contributed by atoms with Gasteiger partial charge in [-0.1, -0.05) is 11.8 Å². The number of nitrogens with one attached hydrogen (secondary N) is 3. The molecule has 0 bridgehead atoms. The number of carbonyl (C=O) groups excluding carboxylic acids is 1. The topological polar surface area (TPSA) is 89.3 Å². The van der Waals surface area contributed by atoms with Gasteiger partial charge in [-0.25, -0.2) is 18.6 Å². The lowest BCUT2D eigenvalue weighted by atomic mass is 10.2. The van der Waals surface area contributed by atoms with E-state index in [1.54, 1.807) is 12.4 Å². The van der Waals surface area contributed by atoms with Gasteiger partial charge in [0.2, 0.25) is 0 Å². The first kappa shape index (κ1) is 18.2. The molecule has 0 aliphatic carbocycles. The summed E-state index contributed by atoms with van der Waals surface area (Å²) in [5, 5.41) is 16.1. The maximum atomic E-state index is 14.1. The molecule has 2 aromatic rings. The molecular formula is C16H13F2N5OS. The molecule has 0 aromatic heterocycles. The molecule has 0 radical (unpaired) electrons. The van der Waals surface area contributed by atoms with Gasteiger partial charge in [0.25, 0.3) is 0 Å². The minimum atomic E-state index is -0.661. The highest BCUT2D eigenvalue weighted by Crippen LogP contribution is 2.23. The van der Waals surface area contributed by atoms with Gasteiger partial charge >= 0.3 is 6.03 Å². The number of carbonyl (C=O) groups is 1. The molecule has 0 unspecified atom stereocenters. The quantitative estimate of drug-likeness (QED) is 0.333. The molecule has 0 spiro atoms. The molecule has 0 atom stereocenters. The average molecular weight is 361 g/mol. The van der Waals surface area contributed by atoms with Crippen molar-refractivity contribution in [2.45, 2.75) is 0 Å². The Labute approximate surface area is 147 Å². The van der Waals surface area contributed by atoms with Crippen LogP contribution in [0.15, 0.2) is 47.5 Å². The second kappa shape index (κ2) is 8.65. The summed E-state index contributed by atoms with van der Waals surface area (Å²) in [6, 6.07) is 8.57. The van der Waals surface area contributed by atoms with Crippen LogP contribution in [0.5, 0.6) is 0 Å². The van der Waals surface area contributed by atoms with Crippen LogP contribution < -0.4 is 16.0 Å². The Balaban J connectivity index is 2.06. The molecule has 0 saturated carbocycles. The first-order valence-electron chi connectivity index (χ1n) is 6.92. The van der Waals surface area contributed by atoms with Crippen molar-refractivity contribution in [2.75, 3.05) is 16.9 Å². The third kappa shape index (κ3) is 5.47. The number of rotatable bonds is 3. The van der Waals surface area contributed by atoms with Crippen molar-refractivity contribution >= 4 is 40.0 Å². The molecule has 2 aromatic carbocycles. The van der Waals surface area contributed by atoms with Gasteiger partial charge in [-0.3, -0.25) is 5.32 Å². The van der Waals surface area contributed by atoms with Gasteiger partial charge in [0.1, 0.15) is 11.5 Å². The third-order valence-electron chi connectivity index (χ3n) is 2.89. The summed E-state index contributed by atoms with van der Waals surface area (Å²) in [4.78, 5) is 15.8. The summed E-state index contributed by atoms with van der Waals surface area (Å²) in [5.74, 6) is -1.08. The molecule has 0 aliphatic rings. The number of thioether (sulfide) groups is 1. The molecule has 2 amide bonds. The number of urea groups is 1. The number of amidine groups is 1. The first-order chi connectivity index (χ1) is 12.0. The predicted molar refractivity (Wildman–Crippen MR) is 94.8 cm³/mol. The number of hydrogen-bond donors (Lipinski definition) is 3. The fraction of sp³-hybridized carbons (Fsp3) is 0.0625. The van der Waals surface area contributed by atoms with Crippen molar-refractivity contribution in [2.24, 2.45) is 4.99 Å². The lowest BCUT2D eigenvalue weighted by molar-refractivity contribution is 0.262. The fourth-order valence-corrected chi connectivity index (χ4v) is 2.12. The maximum absolute atomic E-state index is 14.1. The van der Waals surface area contributed by atoms with E-state index in [0.717, 1.165) is 17.8 Å². The van der Waals surface area contributed by atoms with Gasteiger partial charge in [0.05, 0.1) is 0 Å². The van der Waals surface area contributed by atoms with E-state index in [4.69, 9.17) is 5.26 Å². The highest BCUT2D eigenvalue weighted by atomic mass is 32.2. The van der Waals surface area contributed by atoms with Crippen LogP contribution in [0.4, 0.5) is 30.6 Å². The molecule has 0 fully saturated rings. The Kier molecular flexibility index (Phi) is 6.31. The van der Waals surface area contributed by atoms with E-state index in [0.29, 0.717) is 5.69 Å². The lowest BCUT2D eigenvalue weighted by Crippen LogP contribution is -2.19. The second-order valence-corrected chi connectivity index (χ2v) is 5.41. The SMILES string of the molecule is CSC(=Nc1ccc(NC(=O)Nc2ccc(F)cc2)cc1F)NC#N. The molecular weight excluding hydrogens is 348 g/mol. The third-order valence-corrected chi connectivity index (χ3v) is 3.47. The van der Waals surface area contributed by atoms with Crippen LogP contribution >= 0.6 is 11.8 Å². The highest BCUT2D eigenvalue weighted by molar-refractivity contribution is 8.13. The molecule has 6 nitrogen and oxygen atoms in total. The van der Waals surface area contributed by atoms with E-state index in [-0.39, 0.29) is 16.5 Å². The second-order valence-electron chi connectivity index (χ2n) is 4.61. The van der Waals surface area contributed by atoms with Gasteiger partial charge in [-0.15, -0.1) is 0 Å². The van der Waals surface area contributed by atoms with Crippen LogP contribution in [0, 0.1) is 23.1 Å². The zero-order valence-electron chi connectivity index (χ0n) is 13.0. The van der Waals surface area contributed by atoms with E-state index in [9.17, 15) is 13.6 Å². The number of hydrogen-bond acceptors (Lipinski definition) is 4. The van der Waals surface area contributed by atoms with Crippen molar-refractivity contribution < 1.29 is 13.6 Å². The zero-order chi connectivity index (χ0) is 18.2. The Bertz CT molecular complexity index is 833. The number of nitrogens with zero attached hydrogens (tertiary/aromatic N) is 2. The van der Waals surface area contributed by atoms with Crippen molar-refractivity contribution in [3.05, 3.63) is 54.1 Å². The van der Waals surface area contributed by atoms with Crippen molar-refractivity contribution in [1.29, 1.82) is 5.26 Å². The standard InChI is InChI=1S/C16H13F2N5OS/c1-25-16(20-9-19)23-14-7-6-12(8-13(14)18)22-15(24)21-11-4-2-10(17)3-5-11/h2-8H,1H3,(H,20,23)(H2,21,22,24). The molecule has 0 aliphatic heterocycles. The maximum Gasteiger partial charge on any atom is 0.323 e. The first-order valence-corrected chi connectivity index (χ1v) is 8.15. The van der Waals surface area contributed by atoms with E-state index < -0.39 is 17.7 Å². The summed E-state index contributed by atoms with van der Waals surface area (Å²) < 4.78 is 26.9. The molecule has 0 heterocycles. The van der Waals surface area contributed by atoms with Gasteiger partial charge in [0, 0.05) is 11.4 Å². The number of amides is 2. The Morgan fingerprint density at radius 2 is 1.76 bits per heavy atom. The van der Waals surface area contributed by atoms with E-state index in [1.165, 1.54) is 36.4 Å². The molecule has 0 saturated heterocycles. The van der Waals surface area contributed by atoms with E-state index in [2.05, 4.69) is 20.9 Å². The molecule has 25 heavy (non-hydrogen) atoms. The van der Waals surface area contributed by atoms with Gasteiger partial charge in [0.15, 0.2) is 17.2 Å². The van der Waals surface area contributed by atoms with Crippen molar-refractivity contribution in [3.63, 3.8) is 0 Å². The number of halogens is 2. The lowest BCUT2D eigenvalue weighted by Gasteiger charge is -2.08. The number of benzene rings is 2. The van der Waals surface area contributed by atoms with Crippen molar-refractivity contribution in [3.8, 4) is 6.19 Å². The van der Waals surface area contributed by atoms with Crippen LogP contribution in [-0.4, -0.2) is 17.5 Å². The normalized spacial score (nSPS) is 10.7. The van der Waals surface area contributed by atoms with E-state index in [1.807, 2.05) is 0 Å². The highest BCUT2D eigenvalue weighted by Gasteiger charge is 2.08. The zero-order valence-corrected chi connectivity index (χ0v) is 13.8. The molecule has 2 rings (SSSR count). The monoisotopic (exact) mass is 361 g/mol. The van der Waals surface area contributed by atoms with Crippen LogP contribution in [0.25, 0.3) is 0 Å². The van der Waals surface area contributed by atoms with Crippen LogP contribution in [0.2, 0.25) is 0 Å². The predicted octanol–water partition coefficient (Wildman–Crippen LogP) is 4.03. The Morgan fingerprint density at radius 3 is 2.36 bits per heavy atom. The summed E-state index contributed by atoms with van der Waals surface area (Å²) in [5.41, 5.74) is 0.638. The van der Waals surface area contributed by atoms with E-state index >= 15 is 0 Å².